The van der Waals surface area contributed by atoms with Crippen LogP contribution in [-0.2, 0) is 0 Å². The van der Waals surface area contributed by atoms with E-state index in [0.29, 0.717) is 16.7 Å². The first kappa shape index (κ1) is 32.1. The average molecular weight is 632 g/mol. The van der Waals surface area contributed by atoms with Crippen molar-refractivity contribution in [2.45, 2.75) is 69.2 Å². The Morgan fingerprint density at radius 1 is 0.408 bits per heavy atom. The highest BCUT2D eigenvalue weighted by Gasteiger charge is 2.45. The molecule has 5 aromatic rings. The molecule has 4 nitrogen and oxygen atoms in total. The van der Waals surface area contributed by atoms with E-state index in [2.05, 4.69) is 117 Å². The Labute approximate surface area is 291 Å². The smallest absolute Gasteiger partial charge is 0.247 e. The molecular formula is C43H38B2N4. The van der Waals surface area contributed by atoms with Crippen molar-refractivity contribution in [3.8, 4) is 18.2 Å². The summed E-state index contributed by atoms with van der Waals surface area (Å²) >= 11 is 0. The van der Waals surface area contributed by atoms with Crippen molar-refractivity contribution in [2.24, 2.45) is 0 Å². The first-order chi connectivity index (χ1) is 23.4. The number of anilines is 3. The molecular weight excluding hydrogens is 594 g/mol. The quantitative estimate of drug-likeness (QED) is 0.236. The zero-order chi connectivity index (χ0) is 35.2. The number of nitrogens with zero attached hydrogens (tertiary/aromatic N) is 4. The van der Waals surface area contributed by atoms with Crippen molar-refractivity contribution >= 4 is 63.3 Å². The summed E-state index contributed by atoms with van der Waals surface area (Å²) in [6.07, 6.45) is 0. The lowest BCUT2D eigenvalue weighted by atomic mass is 9.29. The molecule has 0 N–H and O–H groups in total. The van der Waals surface area contributed by atoms with Crippen LogP contribution in [0.5, 0.6) is 0 Å². The molecule has 0 atom stereocenters. The van der Waals surface area contributed by atoms with Gasteiger partial charge in [0.05, 0.1) is 34.9 Å². The molecule has 5 aromatic carbocycles. The van der Waals surface area contributed by atoms with Crippen molar-refractivity contribution in [1.29, 1.82) is 15.8 Å². The number of hydrogen-bond donors (Lipinski definition) is 0. The van der Waals surface area contributed by atoms with Gasteiger partial charge in [-0.25, -0.2) is 0 Å². The standard InChI is InChI=1S/C43H38B2N4/c1-22-24(3)28(7)41(29(8)25(22)4)44-35-15-32(19-46)11-13-39(35)49-40-14-12-33(20-47)16-36(40)45(38-18-34(21-48)17-37(44)43(38)49)42-30(9)26(5)23(2)27(6)31(42)10/h11-18H,1-10H3. The molecule has 0 saturated carbocycles. The van der Waals surface area contributed by atoms with Gasteiger partial charge >= 0.3 is 0 Å². The molecule has 0 aliphatic carbocycles. The van der Waals surface area contributed by atoms with Gasteiger partial charge < -0.3 is 4.90 Å². The zero-order valence-electron chi connectivity index (χ0n) is 30.1. The zero-order valence-corrected chi connectivity index (χ0v) is 30.1. The summed E-state index contributed by atoms with van der Waals surface area (Å²) in [7, 11) is 0. The van der Waals surface area contributed by atoms with Crippen LogP contribution in [-0.4, -0.2) is 13.4 Å². The van der Waals surface area contributed by atoms with Crippen molar-refractivity contribution < 1.29 is 0 Å². The molecule has 0 unspecified atom stereocenters. The number of rotatable bonds is 2. The molecule has 236 valence electrons. The lowest BCUT2D eigenvalue weighted by Crippen LogP contribution is -2.66. The molecule has 7 rings (SSSR count). The highest BCUT2D eigenvalue weighted by atomic mass is 15.2. The lowest BCUT2D eigenvalue weighted by molar-refractivity contribution is 1.19. The van der Waals surface area contributed by atoms with Gasteiger partial charge in [-0.1, -0.05) is 33.2 Å². The van der Waals surface area contributed by atoms with Crippen molar-refractivity contribution in [3.63, 3.8) is 0 Å². The number of hydrogen-bond acceptors (Lipinski definition) is 4. The van der Waals surface area contributed by atoms with Crippen molar-refractivity contribution in [2.75, 3.05) is 4.90 Å². The molecule has 0 amide bonds. The van der Waals surface area contributed by atoms with Crippen molar-refractivity contribution in [1.82, 2.24) is 0 Å². The monoisotopic (exact) mass is 632 g/mol. The Balaban J connectivity index is 1.70. The molecule has 0 spiro atoms. The van der Waals surface area contributed by atoms with Crippen LogP contribution in [0.15, 0.2) is 48.5 Å². The summed E-state index contributed by atoms with van der Waals surface area (Å²) in [5, 5.41) is 30.9. The minimum absolute atomic E-state index is 0.191. The second kappa shape index (κ2) is 11.3. The fourth-order valence-electron chi connectivity index (χ4n) is 8.81. The minimum Gasteiger partial charge on any atom is -0.313 e. The topological polar surface area (TPSA) is 74.6 Å². The molecule has 2 aliphatic heterocycles. The van der Waals surface area contributed by atoms with E-state index < -0.39 is 0 Å². The fraction of sp³-hybridized carbons (Fsp3) is 0.233. The molecule has 6 heteroatoms. The van der Waals surface area contributed by atoms with Gasteiger partial charge in [-0.3, -0.25) is 0 Å². The Kier molecular flexibility index (Phi) is 7.39. The van der Waals surface area contributed by atoms with Crippen LogP contribution < -0.4 is 37.7 Å². The van der Waals surface area contributed by atoms with E-state index in [1.54, 1.807) is 0 Å². The molecule has 0 fully saturated rings. The molecule has 0 bridgehead atoms. The van der Waals surface area contributed by atoms with Gasteiger partial charge in [0.1, 0.15) is 0 Å². The SMILES string of the molecule is Cc1c(C)c(C)c(B2c3cc(C#N)ccc3N3c4ccc(C#N)cc4B(c4c(C)c(C)c(C)c(C)c4C)c4cc(C#N)cc2c43)c(C)c1C. The van der Waals surface area contributed by atoms with Gasteiger partial charge in [0, 0.05) is 17.1 Å². The molecule has 49 heavy (non-hydrogen) atoms. The fourth-order valence-corrected chi connectivity index (χ4v) is 8.81. The van der Waals surface area contributed by atoms with E-state index in [4.69, 9.17) is 0 Å². The second-order valence-corrected chi connectivity index (χ2v) is 14.2. The summed E-state index contributed by atoms with van der Waals surface area (Å²) in [6, 6.07) is 23.6. The van der Waals surface area contributed by atoms with Gasteiger partial charge in [-0.05, 0) is 173 Å². The average Bonchev–Trinajstić information content (AvgIpc) is 3.12. The first-order valence-electron chi connectivity index (χ1n) is 17.0. The third-order valence-electron chi connectivity index (χ3n) is 12.3. The third kappa shape index (κ3) is 4.36. The molecule has 2 heterocycles. The lowest BCUT2D eigenvalue weighted by Gasteiger charge is -2.45. The summed E-state index contributed by atoms with van der Waals surface area (Å²) in [5.74, 6) is 0. The predicted molar refractivity (Wildman–Crippen MR) is 205 cm³/mol. The normalized spacial score (nSPS) is 12.5. The van der Waals surface area contributed by atoms with Crippen LogP contribution >= 0.6 is 0 Å². The predicted octanol–water partition coefficient (Wildman–Crippen LogP) is 5.51. The Hall–Kier alpha value is -5.50. The maximum absolute atomic E-state index is 10.6. The van der Waals surface area contributed by atoms with Gasteiger partial charge in [0.25, 0.3) is 0 Å². The van der Waals surface area contributed by atoms with E-state index in [9.17, 15) is 15.8 Å². The second-order valence-electron chi connectivity index (χ2n) is 14.2. The van der Waals surface area contributed by atoms with Crippen LogP contribution in [0.4, 0.5) is 17.1 Å². The van der Waals surface area contributed by atoms with Crippen LogP contribution in [0, 0.1) is 103 Å². The summed E-state index contributed by atoms with van der Waals surface area (Å²) < 4.78 is 0. The molecule has 2 aliphatic rings. The third-order valence-corrected chi connectivity index (χ3v) is 12.3. The van der Waals surface area contributed by atoms with Crippen LogP contribution in [0.25, 0.3) is 0 Å². The maximum atomic E-state index is 10.6. The maximum Gasteiger partial charge on any atom is 0.247 e. The van der Waals surface area contributed by atoms with Crippen LogP contribution in [0.1, 0.15) is 72.3 Å². The van der Waals surface area contributed by atoms with Crippen LogP contribution in [0.3, 0.4) is 0 Å². The van der Waals surface area contributed by atoms with E-state index >= 15 is 0 Å². The number of fused-ring (bicyclic) bond motifs is 4. The minimum atomic E-state index is -0.191. The van der Waals surface area contributed by atoms with Gasteiger partial charge in [-0.2, -0.15) is 15.8 Å². The van der Waals surface area contributed by atoms with Crippen LogP contribution in [0.2, 0.25) is 0 Å². The Morgan fingerprint density at radius 2 is 0.714 bits per heavy atom. The first-order valence-corrected chi connectivity index (χ1v) is 17.0. The Morgan fingerprint density at radius 3 is 1.04 bits per heavy atom. The molecule has 0 aromatic heterocycles. The highest BCUT2D eigenvalue weighted by molar-refractivity contribution is 7.02. The van der Waals surface area contributed by atoms with E-state index in [1.165, 1.54) is 66.6 Å². The highest BCUT2D eigenvalue weighted by Crippen LogP contribution is 2.39. The number of nitriles is 3. The van der Waals surface area contributed by atoms with E-state index in [1.807, 2.05) is 24.3 Å². The summed E-state index contributed by atoms with van der Waals surface area (Å²) in [6.45, 7) is 21.7. The molecule has 0 radical (unpaired) electrons. The summed E-state index contributed by atoms with van der Waals surface area (Å²) in [4.78, 5) is 2.34. The largest absolute Gasteiger partial charge is 0.313 e. The molecule has 0 saturated heterocycles. The number of benzene rings is 5. The van der Waals surface area contributed by atoms with Gasteiger partial charge in [0.15, 0.2) is 0 Å². The Bertz CT molecular complexity index is 2230. The van der Waals surface area contributed by atoms with Gasteiger partial charge in [0.2, 0.25) is 13.4 Å². The summed E-state index contributed by atoms with van der Waals surface area (Å²) in [5.41, 5.74) is 24.3. The van der Waals surface area contributed by atoms with E-state index in [0.717, 1.165) is 38.9 Å². The van der Waals surface area contributed by atoms with Crippen molar-refractivity contribution in [3.05, 3.63) is 121 Å². The van der Waals surface area contributed by atoms with Gasteiger partial charge in [-0.15, -0.1) is 0 Å². The van der Waals surface area contributed by atoms with E-state index in [-0.39, 0.29) is 13.4 Å².